The first-order chi connectivity index (χ1) is 9.20. The number of sulfonamides is 1. The molecule has 1 aromatic carbocycles. The van der Waals surface area contributed by atoms with Crippen LogP contribution in [0.5, 0.6) is 0 Å². The van der Waals surface area contributed by atoms with E-state index in [9.17, 15) is 22.9 Å². The SMILES string of the molecule is CCC(NS(=O)(=O)c1cccc(F)c1[N+](=O)[O-])C(C)C. The van der Waals surface area contributed by atoms with E-state index in [2.05, 4.69) is 4.72 Å². The van der Waals surface area contributed by atoms with Gasteiger partial charge in [-0.2, -0.15) is 4.39 Å². The van der Waals surface area contributed by atoms with Crippen LogP contribution in [0.3, 0.4) is 0 Å². The van der Waals surface area contributed by atoms with Crippen LogP contribution in [0.2, 0.25) is 0 Å². The molecule has 0 radical (unpaired) electrons. The van der Waals surface area contributed by atoms with Crippen molar-refractivity contribution in [3.05, 3.63) is 34.1 Å². The molecule has 112 valence electrons. The first-order valence-electron chi connectivity index (χ1n) is 6.16. The van der Waals surface area contributed by atoms with Crippen molar-refractivity contribution in [3.8, 4) is 0 Å². The third kappa shape index (κ3) is 3.51. The molecule has 20 heavy (non-hydrogen) atoms. The number of para-hydroxylation sites is 1. The van der Waals surface area contributed by atoms with E-state index in [1.165, 1.54) is 0 Å². The fourth-order valence-corrected chi connectivity index (χ4v) is 3.49. The smallest absolute Gasteiger partial charge is 0.258 e. The molecule has 0 bridgehead atoms. The minimum atomic E-state index is -4.15. The summed E-state index contributed by atoms with van der Waals surface area (Å²) in [6.07, 6.45) is 0.528. The molecule has 1 rings (SSSR count). The lowest BCUT2D eigenvalue weighted by molar-refractivity contribution is -0.390. The fourth-order valence-electron chi connectivity index (χ4n) is 1.84. The molecule has 0 heterocycles. The van der Waals surface area contributed by atoms with E-state index in [1.54, 1.807) is 6.92 Å². The van der Waals surface area contributed by atoms with Crippen molar-refractivity contribution in [2.24, 2.45) is 5.92 Å². The maximum absolute atomic E-state index is 13.5. The van der Waals surface area contributed by atoms with Gasteiger partial charge in [-0.1, -0.05) is 26.8 Å². The molecule has 0 aromatic heterocycles. The number of hydrogen-bond donors (Lipinski definition) is 1. The topological polar surface area (TPSA) is 89.3 Å². The molecule has 6 nitrogen and oxygen atoms in total. The third-order valence-electron chi connectivity index (χ3n) is 2.97. The van der Waals surface area contributed by atoms with Crippen molar-refractivity contribution in [3.63, 3.8) is 0 Å². The molecule has 1 unspecified atom stereocenters. The molecule has 0 fully saturated rings. The van der Waals surface area contributed by atoms with Crippen LogP contribution in [0, 0.1) is 21.8 Å². The van der Waals surface area contributed by atoms with Crippen LogP contribution in [0.4, 0.5) is 10.1 Å². The van der Waals surface area contributed by atoms with Crippen molar-refractivity contribution in [1.82, 2.24) is 4.72 Å². The quantitative estimate of drug-likeness (QED) is 0.645. The van der Waals surface area contributed by atoms with E-state index in [0.29, 0.717) is 6.42 Å². The van der Waals surface area contributed by atoms with Gasteiger partial charge in [0.15, 0.2) is 4.90 Å². The number of nitro benzene ring substituents is 1. The number of halogens is 1. The van der Waals surface area contributed by atoms with Gasteiger partial charge in [0.25, 0.3) is 0 Å². The minimum Gasteiger partial charge on any atom is -0.258 e. The summed E-state index contributed by atoms with van der Waals surface area (Å²) in [5.74, 6) is -1.15. The van der Waals surface area contributed by atoms with Crippen LogP contribution < -0.4 is 4.72 Å². The summed E-state index contributed by atoms with van der Waals surface area (Å²) in [4.78, 5) is 9.17. The second-order valence-corrected chi connectivity index (χ2v) is 6.41. The van der Waals surface area contributed by atoms with Crippen molar-refractivity contribution in [2.75, 3.05) is 0 Å². The van der Waals surface area contributed by atoms with Crippen LogP contribution in [-0.2, 0) is 10.0 Å². The van der Waals surface area contributed by atoms with Crippen molar-refractivity contribution in [2.45, 2.75) is 38.1 Å². The summed E-state index contributed by atoms with van der Waals surface area (Å²) in [6.45, 7) is 5.46. The number of nitrogens with zero attached hydrogens (tertiary/aromatic N) is 1. The maximum Gasteiger partial charge on any atom is 0.324 e. The highest BCUT2D eigenvalue weighted by Gasteiger charge is 2.31. The normalized spacial score (nSPS) is 13.4. The van der Waals surface area contributed by atoms with Gasteiger partial charge in [0.05, 0.1) is 4.92 Å². The van der Waals surface area contributed by atoms with Crippen LogP contribution in [0.15, 0.2) is 23.1 Å². The Hall–Kier alpha value is -1.54. The molecular formula is C12H17FN2O4S. The molecule has 0 saturated carbocycles. The maximum atomic E-state index is 13.5. The highest BCUT2D eigenvalue weighted by atomic mass is 32.2. The summed E-state index contributed by atoms with van der Waals surface area (Å²) in [7, 11) is -4.15. The molecule has 1 atom stereocenters. The molecular weight excluding hydrogens is 287 g/mol. The number of nitro groups is 1. The molecule has 0 aliphatic rings. The Kier molecular flexibility index (Phi) is 5.18. The van der Waals surface area contributed by atoms with Gasteiger partial charge in [0, 0.05) is 6.04 Å². The standard InChI is InChI=1S/C12H17FN2O4S/c1-4-10(8(2)3)14-20(18,19)11-7-5-6-9(13)12(11)15(16)17/h5-8,10,14H,4H2,1-3H3. The fraction of sp³-hybridized carbons (Fsp3) is 0.500. The van der Waals surface area contributed by atoms with Crippen LogP contribution in [-0.4, -0.2) is 19.4 Å². The molecule has 0 aliphatic heterocycles. The lowest BCUT2D eigenvalue weighted by Crippen LogP contribution is -2.38. The first-order valence-corrected chi connectivity index (χ1v) is 7.64. The van der Waals surface area contributed by atoms with Crippen LogP contribution in [0.25, 0.3) is 0 Å². The van der Waals surface area contributed by atoms with Crippen molar-refractivity contribution >= 4 is 15.7 Å². The van der Waals surface area contributed by atoms with Crippen LogP contribution in [0.1, 0.15) is 27.2 Å². The second kappa shape index (κ2) is 6.27. The highest BCUT2D eigenvalue weighted by molar-refractivity contribution is 7.89. The zero-order valence-electron chi connectivity index (χ0n) is 11.5. The summed E-state index contributed by atoms with van der Waals surface area (Å²) < 4.78 is 40.3. The number of nitrogens with one attached hydrogen (secondary N) is 1. The lowest BCUT2D eigenvalue weighted by atomic mass is 10.0. The van der Waals surface area contributed by atoms with Gasteiger partial charge in [-0.25, -0.2) is 13.1 Å². The number of benzene rings is 1. The number of rotatable bonds is 6. The van der Waals surface area contributed by atoms with Crippen molar-refractivity contribution < 1.29 is 17.7 Å². The predicted molar refractivity (Wildman–Crippen MR) is 72.3 cm³/mol. The van der Waals surface area contributed by atoms with Gasteiger partial charge in [0.1, 0.15) is 0 Å². The zero-order chi connectivity index (χ0) is 15.5. The van der Waals surface area contributed by atoms with E-state index in [0.717, 1.165) is 18.2 Å². The second-order valence-electron chi connectivity index (χ2n) is 4.72. The Bertz CT molecular complexity index is 601. The van der Waals surface area contributed by atoms with Gasteiger partial charge in [0.2, 0.25) is 15.8 Å². The van der Waals surface area contributed by atoms with E-state index >= 15 is 0 Å². The Morgan fingerprint density at radius 3 is 2.45 bits per heavy atom. The van der Waals surface area contributed by atoms with Gasteiger partial charge in [-0.3, -0.25) is 10.1 Å². The molecule has 1 aromatic rings. The average Bonchev–Trinajstić information content (AvgIpc) is 2.34. The summed E-state index contributed by atoms with van der Waals surface area (Å²) in [5, 5.41) is 10.9. The van der Waals surface area contributed by atoms with E-state index in [1.807, 2.05) is 13.8 Å². The molecule has 8 heteroatoms. The van der Waals surface area contributed by atoms with Crippen LogP contribution >= 0.6 is 0 Å². The summed E-state index contributed by atoms with van der Waals surface area (Å²) >= 11 is 0. The Morgan fingerprint density at radius 2 is 2.00 bits per heavy atom. The summed E-state index contributed by atoms with van der Waals surface area (Å²) in [6, 6.07) is 2.64. The average molecular weight is 304 g/mol. The Morgan fingerprint density at radius 1 is 1.40 bits per heavy atom. The molecule has 0 aliphatic carbocycles. The first kappa shape index (κ1) is 16.5. The van der Waals surface area contributed by atoms with Gasteiger partial charge >= 0.3 is 5.69 Å². The largest absolute Gasteiger partial charge is 0.324 e. The van der Waals surface area contributed by atoms with Gasteiger partial charge in [-0.15, -0.1) is 0 Å². The predicted octanol–water partition coefficient (Wildman–Crippen LogP) is 2.45. The van der Waals surface area contributed by atoms with E-state index in [-0.39, 0.29) is 12.0 Å². The molecule has 0 saturated heterocycles. The van der Waals surface area contributed by atoms with E-state index in [4.69, 9.17) is 0 Å². The number of hydrogen-bond acceptors (Lipinski definition) is 4. The van der Waals surface area contributed by atoms with E-state index < -0.39 is 31.3 Å². The van der Waals surface area contributed by atoms with Gasteiger partial charge < -0.3 is 0 Å². The monoisotopic (exact) mass is 304 g/mol. The highest BCUT2D eigenvalue weighted by Crippen LogP contribution is 2.27. The zero-order valence-corrected chi connectivity index (χ0v) is 12.3. The lowest BCUT2D eigenvalue weighted by Gasteiger charge is -2.20. The Labute approximate surface area is 117 Å². The van der Waals surface area contributed by atoms with Gasteiger partial charge in [-0.05, 0) is 24.5 Å². The van der Waals surface area contributed by atoms with Crippen molar-refractivity contribution in [1.29, 1.82) is 0 Å². The molecule has 0 amide bonds. The molecule has 0 spiro atoms. The minimum absolute atomic E-state index is 0.0161. The Balaban J connectivity index is 3.30. The summed E-state index contributed by atoms with van der Waals surface area (Å²) in [5.41, 5.74) is -1.03. The molecule has 1 N–H and O–H groups in total. The third-order valence-corrected chi connectivity index (χ3v) is 4.49.